The molecule has 14 heavy (non-hydrogen) atoms. The largest absolute Gasteiger partial charge is 0.296 e. The summed E-state index contributed by atoms with van der Waals surface area (Å²) in [6, 6.07) is 0. The lowest BCUT2D eigenvalue weighted by Gasteiger charge is -2.13. The van der Waals surface area contributed by atoms with Gasteiger partial charge in [0, 0.05) is 0 Å². The number of aromatic nitrogens is 2. The van der Waals surface area contributed by atoms with E-state index < -0.39 is 0 Å². The zero-order valence-electron chi connectivity index (χ0n) is 9.11. The van der Waals surface area contributed by atoms with E-state index in [-0.39, 0.29) is 0 Å². The molecular formula is C11H16N2O. The predicted octanol–water partition coefficient (Wildman–Crippen LogP) is 2.54. The van der Waals surface area contributed by atoms with Crippen molar-refractivity contribution in [2.75, 3.05) is 0 Å². The maximum Gasteiger partial charge on any atom is 0.170 e. The van der Waals surface area contributed by atoms with Crippen LogP contribution in [0.1, 0.15) is 61.4 Å². The Morgan fingerprint density at radius 3 is 2.14 bits per heavy atom. The molecule has 0 saturated carbocycles. The van der Waals surface area contributed by atoms with Crippen molar-refractivity contribution in [1.82, 2.24) is 9.97 Å². The maximum atomic E-state index is 10.6. The molecule has 0 bridgehead atoms. The van der Waals surface area contributed by atoms with Gasteiger partial charge in [0.15, 0.2) is 6.29 Å². The third-order valence-corrected chi connectivity index (χ3v) is 2.06. The van der Waals surface area contributed by atoms with Gasteiger partial charge in [-0.3, -0.25) is 9.78 Å². The first-order chi connectivity index (χ1) is 6.56. The van der Waals surface area contributed by atoms with E-state index in [1.807, 2.05) is 0 Å². The molecule has 0 fully saturated rings. The molecule has 1 heterocycles. The van der Waals surface area contributed by atoms with Crippen molar-refractivity contribution in [2.24, 2.45) is 0 Å². The molecule has 0 radical (unpaired) electrons. The second-order valence-electron chi connectivity index (χ2n) is 3.99. The van der Waals surface area contributed by atoms with Crippen molar-refractivity contribution >= 4 is 6.29 Å². The van der Waals surface area contributed by atoms with Gasteiger partial charge >= 0.3 is 0 Å². The molecule has 0 aliphatic heterocycles. The summed E-state index contributed by atoms with van der Waals surface area (Å²) >= 11 is 0. The topological polar surface area (TPSA) is 42.9 Å². The molecule has 0 aromatic carbocycles. The fourth-order valence-corrected chi connectivity index (χ4v) is 1.35. The number of hydrogen-bond donors (Lipinski definition) is 0. The van der Waals surface area contributed by atoms with Gasteiger partial charge in [0.05, 0.1) is 17.6 Å². The highest BCUT2D eigenvalue weighted by atomic mass is 16.1. The second-order valence-corrected chi connectivity index (χ2v) is 3.99. The lowest BCUT2D eigenvalue weighted by atomic mass is 10.0. The number of carbonyl (C=O) groups is 1. The third kappa shape index (κ3) is 2.16. The van der Waals surface area contributed by atoms with Gasteiger partial charge in [-0.15, -0.1) is 0 Å². The molecule has 0 atom stereocenters. The Morgan fingerprint density at radius 2 is 1.71 bits per heavy atom. The zero-order valence-corrected chi connectivity index (χ0v) is 9.11. The normalized spacial score (nSPS) is 11.0. The Kier molecular flexibility index (Phi) is 3.33. The average molecular weight is 192 g/mol. The van der Waals surface area contributed by atoms with Crippen LogP contribution in [0.3, 0.4) is 0 Å². The van der Waals surface area contributed by atoms with Crippen LogP contribution < -0.4 is 0 Å². The van der Waals surface area contributed by atoms with Gasteiger partial charge < -0.3 is 0 Å². The Balaban J connectivity index is 3.23. The van der Waals surface area contributed by atoms with Crippen molar-refractivity contribution in [2.45, 2.75) is 39.5 Å². The Labute approximate surface area is 84.6 Å². The quantitative estimate of drug-likeness (QED) is 0.691. The van der Waals surface area contributed by atoms with Crippen LogP contribution in [0.4, 0.5) is 0 Å². The van der Waals surface area contributed by atoms with Crippen molar-refractivity contribution in [1.29, 1.82) is 0 Å². The van der Waals surface area contributed by atoms with Gasteiger partial charge in [-0.2, -0.15) is 0 Å². The van der Waals surface area contributed by atoms with E-state index in [1.165, 1.54) is 6.20 Å². The summed E-state index contributed by atoms with van der Waals surface area (Å²) in [5, 5.41) is 0. The molecule has 0 saturated heterocycles. The van der Waals surface area contributed by atoms with E-state index in [9.17, 15) is 4.79 Å². The number of aldehydes is 1. The van der Waals surface area contributed by atoms with E-state index >= 15 is 0 Å². The molecular weight excluding hydrogens is 176 g/mol. The van der Waals surface area contributed by atoms with Gasteiger partial charge in [-0.25, -0.2) is 4.98 Å². The van der Waals surface area contributed by atoms with Crippen molar-refractivity contribution < 1.29 is 4.79 Å². The van der Waals surface area contributed by atoms with Crippen LogP contribution in [0.15, 0.2) is 6.20 Å². The summed E-state index contributed by atoms with van der Waals surface area (Å²) in [7, 11) is 0. The number of hydrogen-bond acceptors (Lipinski definition) is 3. The first kappa shape index (κ1) is 10.8. The Hall–Kier alpha value is -1.25. The first-order valence-electron chi connectivity index (χ1n) is 4.88. The molecule has 1 rings (SSSR count). The van der Waals surface area contributed by atoms with Crippen molar-refractivity contribution in [3.8, 4) is 0 Å². The van der Waals surface area contributed by atoms with Crippen molar-refractivity contribution in [3.63, 3.8) is 0 Å². The summed E-state index contributed by atoms with van der Waals surface area (Å²) < 4.78 is 0. The molecule has 0 aliphatic rings. The Bertz CT molecular complexity index is 332. The van der Waals surface area contributed by atoms with Crippen molar-refractivity contribution in [3.05, 3.63) is 23.3 Å². The average Bonchev–Trinajstić information content (AvgIpc) is 2.16. The summed E-state index contributed by atoms with van der Waals surface area (Å²) in [5.41, 5.74) is 2.34. The molecule has 3 heteroatoms. The van der Waals surface area contributed by atoms with Crippen LogP contribution in [-0.2, 0) is 0 Å². The third-order valence-electron chi connectivity index (χ3n) is 2.06. The number of rotatable bonds is 3. The van der Waals surface area contributed by atoms with Crippen LogP contribution in [0, 0.1) is 0 Å². The molecule has 3 nitrogen and oxygen atoms in total. The molecule has 76 valence electrons. The first-order valence-corrected chi connectivity index (χ1v) is 4.88. The fraction of sp³-hybridized carbons (Fsp3) is 0.545. The molecule has 0 unspecified atom stereocenters. The van der Waals surface area contributed by atoms with Gasteiger partial charge in [0.25, 0.3) is 0 Å². The monoisotopic (exact) mass is 192 g/mol. The van der Waals surface area contributed by atoms with Crippen LogP contribution in [0.2, 0.25) is 0 Å². The predicted molar refractivity (Wildman–Crippen MR) is 55.6 cm³/mol. The zero-order chi connectivity index (χ0) is 10.7. The molecule has 1 aromatic heterocycles. The minimum absolute atomic E-state index is 0.305. The van der Waals surface area contributed by atoms with Gasteiger partial charge in [-0.05, 0) is 11.8 Å². The smallest absolute Gasteiger partial charge is 0.170 e. The van der Waals surface area contributed by atoms with Gasteiger partial charge in [-0.1, -0.05) is 27.7 Å². The highest BCUT2D eigenvalue weighted by Gasteiger charge is 2.13. The standard InChI is InChI=1S/C11H16N2O/c1-7(2)10-11(8(3)4)13-9(6-14)5-12-10/h5-8H,1-4H3. The fourth-order valence-electron chi connectivity index (χ4n) is 1.35. The van der Waals surface area contributed by atoms with E-state index in [0.717, 1.165) is 17.7 Å². The Morgan fingerprint density at radius 1 is 1.14 bits per heavy atom. The van der Waals surface area contributed by atoms with E-state index in [1.54, 1.807) is 0 Å². The summed E-state index contributed by atoms with van der Waals surface area (Å²) in [5.74, 6) is 0.653. The van der Waals surface area contributed by atoms with Crippen LogP contribution >= 0.6 is 0 Å². The van der Waals surface area contributed by atoms with Crippen LogP contribution in [0.5, 0.6) is 0 Å². The lowest BCUT2D eigenvalue weighted by Crippen LogP contribution is -2.07. The molecule has 1 aromatic rings. The van der Waals surface area contributed by atoms with Gasteiger partial charge in [0.2, 0.25) is 0 Å². The molecule has 0 aliphatic carbocycles. The number of nitrogens with zero attached hydrogens (tertiary/aromatic N) is 2. The van der Waals surface area contributed by atoms with E-state index in [2.05, 4.69) is 37.7 Å². The highest BCUT2D eigenvalue weighted by Crippen LogP contribution is 2.21. The molecule has 0 spiro atoms. The lowest BCUT2D eigenvalue weighted by molar-refractivity contribution is 0.111. The summed E-state index contributed by atoms with van der Waals surface area (Å²) in [6.07, 6.45) is 2.28. The molecule has 0 N–H and O–H groups in total. The summed E-state index contributed by atoms with van der Waals surface area (Å²) in [6.45, 7) is 8.28. The molecule has 0 amide bonds. The van der Waals surface area contributed by atoms with Gasteiger partial charge in [0.1, 0.15) is 5.69 Å². The van der Waals surface area contributed by atoms with Crippen LogP contribution in [-0.4, -0.2) is 16.3 Å². The summed E-state index contributed by atoms with van der Waals surface area (Å²) in [4.78, 5) is 19.1. The van der Waals surface area contributed by atoms with E-state index in [0.29, 0.717) is 17.5 Å². The maximum absolute atomic E-state index is 10.6. The van der Waals surface area contributed by atoms with Crippen LogP contribution in [0.25, 0.3) is 0 Å². The second kappa shape index (κ2) is 4.31. The SMILES string of the molecule is CC(C)c1ncc(C=O)nc1C(C)C. The number of carbonyl (C=O) groups excluding carboxylic acids is 1. The van der Waals surface area contributed by atoms with E-state index in [4.69, 9.17) is 0 Å². The highest BCUT2D eigenvalue weighted by molar-refractivity contribution is 5.71. The minimum atomic E-state index is 0.305. The minimum Gasteiger partial charge on any atom is -0.296 e.